The van der Waals surface area contributed by atoms with Gasteiger partial charge in [0.2, 0.25) is 0 Å². The van der Waals surface area contributed by atoms with Gasteiger partial charge in [0, 0.05) is 0 Å². The molecule has 1 rings (SSSR count). The van der Waals surface area contributed by atoms with Gasteiger partial charge in [0.15, 0.2) is 0 Å². The number of benzene rings is 1. The van der Waals surface area contributed by atoms with Crippen LogP contribution in [-0.4, -0.2) is 12.7 Å². The second-order valence-electron chi connectivity index (χ2n) is 2.47. The molecule has 0 bridgehead atoms. The third kappa shape index (κ3) is 1.74. The topological polar surface area (TPSA) is 29.5 Å². The molecule has 0 aliphatic heterocycles. The molecule has 0 atom stereocenters. The lowest BCUT2D eigenvalue weighted by Gasteiger charge is -2.07. The minimum absolute atomic E-state index is 0.260. The number of rotatable bonds is 2. The maximum absolute atomic E-state index is 8.51. The molecule has 0 aliphatic rings. The van der Waals surface area contributed by atoms with Crippen LogP contribution in [0.25, 0.3) is 0 Å². The summed E-state index contributed by atoms with van der Waals surface area (Å²) in [7, 11) is -0.260. The standard InChI is InChI=1S/C8H11BO2/c1-6-4-3-5-8(7(6)2)11-9-10/h3-5,9-10H,1-2H3. The molecule has 1 aromatic carbocycles. The number of hydrogen-bond acceptors (Lipinski definition) is 2. The van der Waals surface area contributed by atoms with Crippen molar-refractivity contribution in [2.45, 2.75) is 13.8 Å². The van der Waals surface area contributed by atoms with E-state index in [2.05, 4.69) is 0 Å². The summed E-state index contributed by atoms with van der Waals surface area (Å²) in [5.41, 5.74) is 2.26. The Morgan fingerprint density at radius 1 is 1.36 bits per heavy atom. The van der Waals surface area contributed by atoms with Crippen molar-refractivity contribution in [3.8, 4) is 5.75 Å². The third-order valence-corrected chi connectivity index (χ3v) is 1.77. The molecule has 1 N–H and O–H groups in total. The fraction of sp³-hybridized carbons (Fsp3) is 0.250. The molecule has 58 valence electrons. The van der Waals surface area contributed by atoms with Gasteiger partial charge in [0.1, 0.15) is 5.75 Å². The average molecular weight is 150 g/mol. The predicted molar refractivity (Wildman–Crippen MR) is 45.9 cm³/mol. The first-order valence-corrected chi connectivity index (χ1v) is 3.55. The Morgan fingerprint density at radius 3 is 2.73 bits per heavy atom. The van der Waals surface area contributed by atoms with Crippen LogP contribution in [0.15, 0.2) is 18.2 Å². The highest BCUT2D eigenvalue weighted by Crippen LogP contribution is 2.19. The Morgan fingerprint density at radius 2 is 2.09 bits per heavy atom. The van der Waals surface area contributed by atoms with Gasteiger partial charge in [-0.2, -0.15) is 0 Å². The summed E-state index contributed by atoms with van der Waals surface area (Å²) >= 11 is 0. The molecule has 0 aliphatic carbocycles. The van der Waals surface area contributed by atoms with E-state index in [1.54, 1.807) is 0 Å². The van der Waals surface area contributed by atoms with Crippen molar-refractivity contribution in [2.75, 3.05) is 0 Å². The van der Waals surface area contributed by atoms with Crippen LogP contribution in [0.4, 0.5) is 0 Å². The smallest absolute Gasteiger partial charge is 0.504 e. The van der Waals surface area contributed by atoms with Crippen LogP contribution in [0.2, 0.25) is 0 Å². The molecule has 0 saturated heterocycles. The summed E-state index contributed by atoms with van der Waals surface area (Å²) in [4.78, 5) is 0. The maximum Gasteiger partial charge on any atom is 0.504 e. The predicted octanol–water partition coefficient (Wildman–Crippen LogP) is 0.941. The van der Waals surface area contributed by atoms with E-state index >= 15 is 0 Å². The molecular weight excluding hydrogens is 139 g/mol. The first-order chi connectivity index (χ1) is 5.25. The molecule has 0 fully saturated rings. The molecule has 0 saturated carbocycles. The molecule has 2 nitrogen and oxygen atoms in total. The van der Waals surface area contributed by atoms with E-state index in [4.69, 9.17) is 9.68 Å². The molecule has 0 aromatic heterocycles. The van der Waals surface area contributed by atoms with Crippen molar-refractivity contribution in [3.63, 3.8) is 0 Å². The Bertz CT molecular complexity index is 248. The molecule has 0 amide bonds. The molecule has 0 radical (unpaired) electrons. The second-order valence-corrected chi connectivity index (χ2v) is 2.47. The van der Waals surface area contributed by atoms with Crippen molar-refractivity contribution in [1.82, 2.24) is 0 Å². The fourth-order valence-corrected chi connectivity index (χ4v) is 0.950. The summed E-state index contributed by atoms with van der Waals surface area (Å²) in [5, 5.41) is 8.51. The highest BCUT2D eigenvalue weighted by molar-refractivity contribution is 6.17. The summed E-state index contributed by atoms with van der Waals surface area (Å²) < 4.78 is 4.97. The van der Waals surface area contributed by atoms with Crippen LogP contribution < -0.4 is 4.65 Å². The van der Waals surface area contributed by atoms with Gasteiger partial charge in [0.05, 0.1) is 0 Å². The van der Waals surface area contributed by atoms with Crippen molar-refractivity contribution >= 4 is 7.69 Å². The molecule has 0 spiro atoms. The Labute approximate surface area is 67.1 Å². The Hall–Kier alpha value is -0.955. The zero-order chi connectivity index (χ0) is 8.27. The molecule has 0 unspecified atom stereocenters. The highest BCUT2D eigenvalue weighted by Gasteiger charge is 1.99. The quantitative estimate of drug-likeness (QED) is 0.635. The first-order valence-electron chi connectivity index (χ1n) is 3.55. The van der Waals surface area contributed by atoms with E-state index in [1.165, 1.54) is 5.56 Å². The fourth-order valence-electron chi connectivity index (χ4n) is 0.950. The first kappa shape index (κ1) is 8.14. The van der Waals surface area contributed by atoms with Gasteiger partial charge >= 0.3 is 7.69 Å². The van der Waals surface area contributed by atoms with Gasteiger partial charge in [-0.25, -0.2) is 0 Å². The lowest BCUT2D eigenvalue weighted by atomic mass is 10.1. The van der Waals surface area contributed by atoms with Gasteiger partial charge < -0.3 is 9.68 Å². The van der Waals surface area contributed by atoms with E-state index in [1.807, 2.05) is 32.0 Å². The van der Waals surface area contributed by atoms with Crippen LogP contribution >= 0.6 is 0 Å². The largest absolute Gasteiger partial charge is 0.539 e. The Kier molecular flexibility index (Phi) is 2.55. The van der Waals surface area contributed by atoms with Crippen molar-refractivity contribution in [1.29, 1.82) is 0 Å². The molecule has 3 heteroatoms. The number of aryl methyl sites for hydroxylation is 1. The second kappa shape index (κ2) is 3.44. The average Bonchev–Trinajstić information content (AvgIpc) is 1.99. The minimum atomic E-state index is -0.260. The van der Waals surface area contributed by atoms with E-state index < -0.39 is 0 Å². The van der Waals surface area contributed by atoms with E-state index in [9.17, 15) is 0 Å². The van der Waals surface area contributed by atoms with E-state index in [-0.39, 0.29) is 7.69 Å². The van der Waals surface area contributed by atoms with Crippen molar-refractivity contribution in [2.24, 2.45) is 0 Å². The van der Waals surface area contributed by atoms with Gasteiger partial charge in [0.25, 0.3) is 0 Å². The highest BCUT2D eigenvalue weighted by atomic mass is 16.5. The third-order valence-electron chi connectivity index (χ3n) is 1.77. The molecule has 0 heterocycles. The van der Waals surface area contributed by atoms with Gasteiger partial charge in [-0.05, 0) is 31.0 Å². The monoisotopic (exact) mass is 150 g/mol. The Balaban J connectivity index is 2.96. The zero-order valence-electron chi connectivity index (χ0n) is 6.79. The van der Waals surface area contributed by atoms with Crippen molar-refractivity contribution in [3.05, 3.63) is 29.3 Å². The molecule has 1 aromatic rings. The van der Waals surface area contributed by atoms with Gasteiger partial charge in [-0.15, -0.1) is 0 Å². The van der Waals surface area contributed by atoms with Gasteiger partial charge in [-0.3, -0.25) is 0 Å². The lowest BCUT2D eigenvalue weighted by molar-refractivity contribution is 0.451. The normalized spacial score (nSPS) is 9.36. The lowest BCUT2D eigenvalue weighted by Crippen LogP contribution is -2.01. The van der Waals surface area contributed by atoms with Crippen LogP contribution in [0, 0.1) is 13.8 Å². The van der Waals surface area contributed by atoms with E-state index in [0.717, 1.165) is 11.3 Å². The van der Waals surface area contributed by atoms with Crippen LogP contribution in [0.5, 0.6) is 5.75 Å². The van der Waals surface area contributed by atoms with Gasteiger partial charge in [-0.1, -0.05) is 12.1 Å². The summed E-state index contributed by atoms with van der Waals surface area (Å²) in [6, 6.07) is 5.77. The SMILES string of the molecule is Cc1cccc(OBO)c1C. The molecule has 11 heavy (non-hydrogen) atoms. The maximum atomic E-state index is 8.51. The summed E-state index contributed by atoms with van der Waals surface area (Å²) in [5.74, 6) is 0.757. The minimum Gasteiger partial charge on any atom is -0.539 e. The number of hydrogen-bond donors (Lipinski definition) is 1. The molecular formula is C8H11BO2. The summed E-state index contributed by atoms with van der Waals surface area (Å²) in [6.45, 7) is 3.99. The summed E-state index contributed by atoms with van der Waals surface area (Å²) in [6.07, 6.45) is 0. The zero-order valence-corrected chi connectivity index (χ0v) is 6.79. The van der Waals surface area contributed by atoms with Crippen LogP contribution in [0.3, 0.4) is 0 Å². The van der Waals surface area contributed by atoms with Crippen LogP contribution in [-0.2, 0) is 0 Å². The van der Waals surface area contributed by atoms with E-state index in [0.29, 0.717) is 0 Å². The van der Waals surface area contributed by atoms with Crippen molar-refractivity contribution < 1.29 is 9.68 Å². The van der Waals surface area contributed by atoms with Crippen LogP contribution in [0.1, 0.15) is 11.1 Å².